The maximum atomic E-state index is 9.01. The lowest BCUT2D eigenvalue weighted by Crippen LogP contribution is -2.04. The van der Waals surface area contributed by atoms with Crippen LogP contribution in [-0.2, 0) is 12.8 Å². The summed E-state index contributed by atoms with van der Waals surface area (Å²) in [4.78, 5) is 0. The van der Waals surface area contributed by atoms with Gasteiger partial charge >= 0.3 is 0 Å². The summed E-state index contributed by atoms with van der Waals surface area (Å²) in [5.74, 6) is 0.474. The van der Waals surface area contributed by atoms with Gasteiger partial charge in [0.15, 0.2) is 0 Å². The van der Waals surface area contributed by atoms with Crippen molar-refractivity contribution in [1.82, 2.24) is 0 Å². The van der Waals surface area contributed by atoms with E-state index in [1.54, 1.807) is 0 Å². The van der Waals surface area contributed by atoms with Crippen LogP contribution in [0.25, 0.3) is 0 Å². The molecule has 1 N–H and O–H groups in total. The number of hydrogen-bond donors (Lipinski definition) is 1. The van der Waals surface area contributed by atoms with Crippen LogP contribution in [0.3, 0.4) is 0 Å². The van der Waals surface area contributed by atoms with E-state index in [1.165, 1.54) is 16.7 Å². The van der Waals surface area contributed by atoms with Crippen molar-refractivity contribution in [3.8, 4) is 0 Å². The first kappa shape index (κ1) is 7.81. The first-order valence-electron chi connectivity index (χ1n) is 4.49. The monoisotopic (exact) mass is 162 g/mol. The van der Waals surface area contributed by atoms with E-state index in [-0.39, 0.29) is 0 Å². The fourth-order valence-corrected chi connectivity index (χ4v) is 1.97. The van der Waals surface area contributed by atoms with Gasteiger partial charge in [0, 0.05) is 6.61 Å². The fourth-order valence-electron chi connectivity index (χ4n) is 1.97. The minimum Gasteiger partial charge on any atom is -0.396 e. The number of aliphatic hydroxyl groups excluding tert-OH is 1. The molecule has 0 saturated heterocycles. The zero-order valence-corrected chi connectivity index (χ0v) is 7.38. The number of aryl methyl sites for hydroxylation is 1. The average Bonchev–Trinajstić information content (AvgIpc) is 2.46. The topological polar surface area (TPSA) is 20.2 Å². The molecule has 0 heterocycles. The van der Waals surface area contributed by atoms with Crippen molar-refractivity contribution in [3.63, 3.8) is 0 Å². The summed E-state index contributed by atoms with van der Waals surface area (Å²) in [6, 6.07) is 6.59. The molecule has 0 spiro atoms. The second-order valence-corrected chi connectivity index (χ2v) is 3.73. The maximum Gasteiger partial charge on any atom is 0.0465 e. The van der Waals surface area contributed by atoms with Crippen LogP contribution >= 0.6 is 0 Å². The molecule has 1 aliphatic rings. The van der Waals surface area contributed by atoms with Crippen molar-refractivity contribution in [2.24, 2.45) is 5.92 Å². The molecule has 1 unspecified atom stereocenters. The summed E-state index contributed by atoms with van der Waals surface area (Å²) in [5.41, 5.74) is 4.20. The van der Waals surface area contributed by atoms with Crippen molar-refractivity contribution >= 4 is 0 Å². The van der Waals surface area contributed by atoms with E-state index in [0.29, 0.717) is 12.5 Å². The predicted octanol–water partition coefficient (Wildman–Crippen LogP) is 1.70. The Morgan fingerprint density at radius 2 is 2.08 bits per heavy atom. The van der Waals surface area contributed by atoms with Gasteiger partial charge in [0.25, 0.3) is 0 Å². The second kappa shape index (κ2) is 2.91. The van der Waals surface area contributed by atoms with Crippen LogP contribution in [-0.4, -0.2) is 11.7 Å². The molecule has 1 atom stereocenters. The van der Waals surface area contributed by atoms with Crippen LogP contribution in [0.2, 0.25) is 0 Å². The zero-order chi connectivity index (χ0) is 8.55. The molecular weight excluding hydrogens is 148 g/mol. The van der Waals surface area contributed by atoms with Gasteiger partial charge in [0.05, 0.1) is 0 Å². The minimum absolute atomic E-state index is 0.327. The van der Waals surface area contributed by atoms with E-state index in [9.17, 15) is 0 Å². The number of aliphatic hydroxyl groups is 1. The van der Waals surface area contributed by atoms with Gasteiger partial charge in [0.1, 0.15) is 0 Å². The van der Waals surface area contributed by atoms with Gasteiger partial charge in [-0.1, -0.05) is 23.8 Å². The molecule has 0 saturated carbocycles. The van der Waals surface area contributed by atoms with Crippen LogP contribution < -0.4 is 0 Å². The van der Waals surface area contributed by atoms with Crippen molar-refractivity contribution in [3.05, 3.63) is 34.9 Å². The molecule has 1 aromatic rings. The number of hydrogen-bond acceptors (Lipinski definition) is 1. The third-order valence-electron chi connectivity index (χ3n) is 2.64. The molecule has 12 heavy (non-hydrogen) atoms. The lowest BCUT2D eigenvalue weighted by Gasteiger charge is -2.00. The van der Waals surface area contributed by atoms with Crippen molar-refractivity contribution in [2.75, 3.05) is 6.61 Å². The summed E-state index contributed by atoms with van der Waals surface area (Å²) in [6.45, 7) is 2.44. The molecule has 2 rings (SSSR count). The Balaban J connectivity index is 2.30. The highest BCUT2D eigenvalue weighted by molar-refractivity contribution is 5.35. The molecule has 0 fully saturated rings. The average molecular weight is 162 g/mol. The number of benzene rings is 1. The molecule has 0 radical (unpaired) electrons. The molecule has 64 valence electrons. The Labute approximate surface area is 73.0 Å². The first-order valence-corrected chi connectivity index (χ1v) is 4.49. The molecule has 1 aromatic carbocycles. The van der Waals surface area contributed by atoms with Gasteiger partial charge in [-0.15, -0.1) is 0 Å². The van der Waals surface area contributed by atoms with Gasteiger partial charge in [-0.3, -0.25) is 0 Å². The van der Waals surface area contributed by atoms with Crippen molar-refractivity contribution in [1.29, 1.82) is 0 Å². The van der Waals surface area contributed by atoms with Gasteiger partial charge in [-0.2, -0.15) is 0 Å². The van der Waals surface area contributed by atoms with Gasteiger partial charge in [-0.25, -0.2) is 0 Å². The smallest absolute Gasteiger partial charge is 0.0465 e. The summed E-state index contributed by atoms with van der Waals surface area (Å²) >= 11 is 0. The fraction of sp³-hybridized carbons (Fsp3) is 0.455. The molecular formula is C11H14O. The lowest BCUT2D eigenvalue weighted by molar-refractivity contribution is 0.232. The van der Waals surface area contributed by atoms with Crippen LogP contribution in [0, 0.1) is 12.8 Å². The maximum absolute atomic E-state index is 9.01. The molecule has 0 amide bonds. The van der Waals surface area contributed by atoms with E-state index in [2.05, 4.69) is 25.1 Å². The molecule has 0 bridgehead atoms. The highest BCUT2D eigenvalue weighted by atomic mass is 16.3. The Morgan fingerprint density at radius 3 is 2.83 bits per heavy atom. The van der Waals surface area contributed by atoms with E-state index in [0.717, 1.165) is 12.8 Å². The summed E-state index contributed by atoms with van der Waals surface area (Å²) in [7, 11) is 0. The normalized spacial score (nSPS) is 21.0. The third kappa shape index (κ3) is 1.25. The Morgan fingerprint density at radius 1 is 1.33 bits per heavy atom. The molecule has 1 heteroatoms. The van der Waals surface area contributed by atoms with Gasteiger partial charge < -0.3 is 5.11 Å². The van der Waals surface area contributed by atoms with Crippen LogP contribution in [0.5, 0.6) is 0 Å². The SMILES string of the molecule is Cc1ccc2c(c1)CC(CO)C2. The number of rotatable bonds is 1. The number of fused-ring (bicyclic) bond motifs is 1. The quantitative estimate of drug-likeness (QED) is 0.666. The Bertz CT molecular complexity index is 291. The standard InChI is InChI=1S/C11H14O/c1-8-2-3-10-5-9(7-12)6-11(10)4-8/h2-4,9,12H,5-7H2,1H3. The van der Waals surface area contributed by atoms with E-state index >= 15 is 0 Å². The van der Waals surface area contributed by atoms with E-state index in [1.807, 2.05) is 0 Å². The summed E-state index contributed by atoms with van der Waals surface area (Å²) < 4.78 is 0. The van der Waals surface area contributed by atoms with E-state index in [4.69, 9.17) is 5.11 Å². The molecule has 1 nitrogen and oxygen atoms in total. The summed E-state index contributed by atoms with van der Waals surface area (Å²) in [5, 5.41) is 9.01. The molecule has 1 aliphatic carbocycles. The van der Waals surface area contributed by atoms with Crippen LogP contribution in [0.15, 0.2) is 18.2 Å². The van der Waals surface area contributed by atoms with E-state index < -0.39 is 0 Å². The van der Waals surface area contributed by atoms with Gasteiger partial charge in [-0.05, 0) is 36.8 Å². The third-order valence-corrected chi connectivity index (χ3v) is 2.64. The minimum atomic E-state index is 0.327. The highest BCUT2D eigenvalue weighted by Gasteiger charge is 2.19. The first-order chi connectivity index (χ1) is 5.79. The zero-order valence-electron chi connectivity index (χ0n) is 7.38. The molecule has 0 aromatic heterocycles. The molecule has 0 aliphatic heterocycles. The van der Waals surface area contributed by atoms with Crippen molar-refractivity contribution in [2.45, 2.75) is 19.8 Å². The van der Waals surface area contributed by atoms with Crippen LogP contribution in [0.1, 0.15) is 16.7 Å². The predicted molar refractivity (Wildman–Crippen MR) is 49.2 cm³/mol. The Kier molecular flexibility index (Phi) is 1.89. The lowest BCUT2D eigenvalue weighted by atomic mass is 10.1. The van der Waals surface area contributed by atoms with Gasteiger partial charge in [0.2, 0.25) is 0 Å². The van der Waals surface area contributed by atoms with Crippen molar-refractivity contribution < 1.29 is 5.11 Å². The highest BCUT2D eigenvalue weighted by Crippen LogP contribution is 2.26. The second-order valence-electron chi connectivity index (χ2n) is 3.73. The van der Waals surface area contributed by atoms with Crippen LogP contribution in [0.4, 0.5) is 0 Å². The largest absolute Gasteiger partial charge is 0.396 e. The summed E-state index contributed by atoms with van der Waals surface area (Å²) in [6.07, 6.45) is 2.12. The Hall–Kier alpha value is -0.820.